The maximum Gasteiger partial charge on any atom is 0.255 e. The largest absolute Gasteiger partial charge is 0.491 e. The van der Waals surface area contributed by atoms with E-state index in [1.165, 1.54) is 0 Å². The van der Waals surface area contributed by atoms with Crippen LogP contribution in [0.4, 0.5) is 14.6 Å². The number of hydrogen-bond acceptors (Lipinski definition) is 5. The number of para-hydroxylation sites is 1. The molecule has 0 bridgehead atoms. The molecule has 0 aliphatic heterocycles. The van der Waals surface area contributed by atoms with E-state index in [0.29, 0.717) is 29.0 Å². The van der Waals surface area contributed by atoms with Gasteiger partial charge in [0, 0.05) is 30.7 Å². The van der Waals surface area contributed by atoms with E-state index in [0.717, 1.165) is 5.56 Å². The molecule has 8 heteroatoms. The SMILES string of the molecule is FC1(F)CC1COc1cccc2c(NCc3ccncc3)nc(Cl)nc12. The van der Waals surface area contributed by atoms with E-state index in [1.807, 2.05) is 18.2 Å². The van der Waals surface area contributed by atoms with Crippen LogP contribution in [0.5, 0.6) is 5.75 Å². The molecule has 2 heterocycles. The summed E-state index contributed by atoms with van der Waals surface area (Å²) in [5.41, 5.74) is 1.53. The summed E-state index contributed by atoms with van der Waals surface area (Å²) >= 11 is 6.05. The molecule has 1 aliphatic carbocycles. The minimum absolute atomic E-state index is 0.0481. The Morgan fingerprint density at radius 1 is 1.19 bits per heavy atom. The number of nitrogens with one attached hydrogen (secondary N) is 1. The zero-order chi connectivity index (χ0) is 18.1. The van der Waals surface area contributed by atoms with Gasteiger partial charge in [0.25, 0.3) is 5.92 Å². The van der Waals surface area contributed by atoms with E-state index in [4.69, 9.17) is 16.3 Å². The third kappa shape index (κ3) is 3.53. The first-order chi connectivity index (χ1) is 12.5. The Morgan fingerprint density at radius 3 is 2.69 bits per heavy atom. The standard InChI is InChI=1S/C18H15ClF2N4O/c19-17-24-15-13(16(25-17)23-9-11-4-6-22-7-5-11)2-1-3-14(15)26-10-12-8-18(12,20)21/h1-7,12H,8-10H2,(H,23,24,25). The number of halogens is 3. The summed E-state index contributed by atoms with van der Waals surface area (Å²) in [6.07, 6.45) is 3.29. The molecule has 1 unspecified atom stereocenters. The number of hydrogen-bond donors (Lipinski definition) is 1. The van der Waals surface area contributed by atoms with Gasteiger partial charge in [-0.15, -0.1) is 0 Å². The maximum atomic E-state index is 13.1. The van der Waals surface area contributed by atoms with E-state index < -0.39 is 11.8 Å². The number of alkyl halides is 2. The number of nitrogens with zero attached hydrogens (tertiary/aromatic N) is 3. The van der Waals surface area contributed by atoms with Crippen molar-refractivity contribution in [2.45, 2.75) is 18.9 Å². The van der Waals surface area contributed by atoms with Crippen molar-refractivity contribution >= 4 is 28.3 Å². The molecular formula is C18H15ClF2N4O. The minimum Gasteiger partial charge on any atom is -0.491 e. The van der Waals surface area contributed by atoms with Gasteiger partial charge in [0.15, 0.2) is 0 Å². The monoisotopic (exact) mass is 376 g/mol. The molecule has 4 rings (SSSR count). The Labute approximate surface area is 153 Å². The summed E-state index contributed by atoms with van der Waals surface area (Å²) in [5.74, 6) is -2.38. The zero-order valence-electron chi connectivity index (χ0n) is 13.6. The summed E-state index contributed by atoms with van der Waals surface area (Å²) in [6.45, 7) is 0.484. The second kappa shape index (κ2) is 6.64. The van der Waals surface area contributed by atoms with Crippen LogP contribution in [-0.2, 0) is 6.54 Å². The van der Waals surface area contributed by atoms with Crippen molar-refractivity contribution < 1.29 is 13.5 Å². The Balaban J connectivity index is 1.59. The number of fused-ring (bicyclic) bond motifs is 1. The fraction of sp³-hybridized carbons (Fsp3) is 0.278. The number of anilines is 1. The molecule has 0 amide bonds. The van der Waals surface area contributed by atoms with Crippen LogP contribution < -0.4 is 10.1 Å². The lowest BCUT2D eigenvalue weighted by Gasteiger charge is -2.12. The van der Waals surface area contributed by atoms with Crippen molar-refractivity contribution in [3.05, 3.63) is 53.6 Å². The third-order valence-corrected chi connectivity index (χ3v) is 4.44. The van der Waals surface area contributed by atoms with E-state index in [9.17, 15) is 8.78 Å². The Hall–Kier alpha value is -2.54. The van der Waals surface area contributed by atoms with Gasteiger partial charge in [0.1, 0.15) is 17.1 Å². The minimum atomic E-state index is -2.62. The third-order valence-electron chi connectivity index (χ3n) is 4.27. The van der Waals surface area contributed by atoms with Crippen LogP contribution in [0.2, 0.25) is 5.28 Å². The average Bonchev–Trinajstić information content (AvgIpc) is 3.25. The lowest BCUT2D eigenvalue weighted by atomic mass is 10.2. The molecule has 1 atom stereocenters. The first-order valence-corrected chi connectivity index (χ1v) is 8.50. The van der Waals surface area contributed by atoms with Crippen LogP contribution in [0.1, 0.15) is 12.0 Å². The fourth-order valence-corrected chi connectivity index (χ4v) is 2.85. The second-order valence-electron chi connectivity index (χ2n) is 6.18. The van der Waals surface area contributed by atoms with Gasteiger partial charge < -0.3 is 10.1 Å². The van der Waals surface area contributed by atoms with Crippen molar-refractivity contribution in [3.8, 4) is 5.75 Å². The quantitative estimate of drug-likeness (QED) is 0.649. The van der Waals surface area contributed by atoms with Crippen LogP contribution in [0.3, 0.4) is 0 Å². The molecule has 1 saturated carbocycles. The molecule has 1 fully saturated rings. The maximum absolute atomic E-state index is 13.1. The lowest BCUT2D eigenvalue weighted by Crippen LogP contribution is -2.07. The first-order valence-electron chi connectivity index (χ1n) is 8.12. The van der Waals surface area contributed by atoms with Gasteiger partial charge in [-0.05, 0) is 41.4 Å². The molecule has 26 heavy (non-hydrogen) atoms. The number of pyridine rings is 1. The summed E-state index contributed by atoms with van der Waals surface area (Å²) in [5, 5.41) is 3.99. The molecule has 1 aromatic carbocycles. The van der Waals surface area contributed by atoms with Gasteiger partial charge in [-0.1, -0.05) is 6.07 Å². The lowest BCUT2D eigenvalue weighted by molar-refractivity contribution is 0.0858. The highest BCUT2D eigenvalue weighted by Gasteiger charge is 2.57. The van der Waals surface area contributed by atoms with Gasteiger partial charge >= 0.3 is 0 Å². The predicted molar refractivity (Wildman–Crippen MR) is 94.7 cm³/mol. The van der Waals surface area contributed by atoms with Crippen molar-refractivity contribution in [1.82, 2.24) is 15.0 Å². The van der Waals surface area contributed by atoms with Gasteiger partial charge in [0.2, 0.25) is 5.28 Å². The Bertz CT molecular complexity index is 939. The summed E-state index contributed by atoms with van der Waals surface area (Å²) < 4.78 is 31.7. The van der Waals surface area contributed by atoms with Crippen molar-refractivity contribution in [1.29, 1.82) is 0 Å². The fourth-order valence-electron chi connectivity index (χ4n) is 2.68. The van der Waals surface area contributed by atoms with Gasteiger partial charge in [-0.3, -0.25) is 4.98 Å². The zero-order valence-corrected chi connectivity index (χ0v) is 14.4. The summed E-state index contributed by atoms with van der Waals surface area (Å²) in [6, 6.07) is 9.08. The van der Waals surface area contributed by atoms with Crippen LogP contribution >= 0.6 is 11.6 Å². The van der Waals surface area contributed by atoms with Gasteiger partial charge in [-0.25, -0.2) is 18.7 Å². The van der Waals surface area contributed by atoms with Crippen molar-refractivity contribution in [2.75, 3.05) is 11.9 Å². The molecule has 3 aromatic rings. The molecule has 0 spiro atoms. The molecular weight excluding hydrogens is 362 g/mol. The molecule has 0 radical (unpaired) electrons. The summed E-state index contributed by atoms with van der Waals surface area (Å²) in [7, 11) is 0. The number of ether oxygens (including phenoxy) is 1. The van der Waals surface area contributed by atoms with Crippen molar-refractivity contribution in [3.63, 3.8) is 0 Å². The van der Waals surface area contributed by atoms with Crippen LogP contribution in [0, 0.1) is 5.92 Å². The van der Waals surface area contributed by atoms with E-state index in [-0.39, 0.29) is 18.3 Å². The van der Waals surface area contributed by atoms with Gasteiger partial charge in [-0.2, -0.15) is 0 Å². The molecule has 1 N–H and O–H groups in total. The van der Waals surface area contributed by atoms with Gasteiger partial charge in [0.05, 0.1) is 12.5 Å². The van der Waals surface area contributed by atoms with E-state index in [1.54, 1.807) is 24.5 Å². The summed E-state index contributed by atoms with van der Waals surface area (Å²) in [4.78, 5) is 12.4. The first kappa shape index (κ1) is 16.9. The smallest absolute Gasteiger partial charge is 0.255 e. The molecule has 2 aromatic heterocycles. The Morgan fingerprint density at radius 2 is 1.96 bits per heavy atom. The molecule has 1 aliphatic rings. The highest BCUT2D eigenvalue weighted by molar-refractivity contribution is 6.29. The molecule has 5 nitrogen and oxygen atoms in total. The predicted octanol–water partition coefficient (Wildman–Crippen LogP) is 4.32. The van der Waals surface area contributed by atoms with E-state index in [2.05, 4.69) is 20.3 Å². The van der Waals surface area contributed by atoms with Crippen molar-refractivity contribution in [2.24, 2.45) is 5.92 Å². The van der Waals surface area contributed by atoms with Crippen LogP contribution in [0.15, 0.2) is 42.7 Å². The van der Waals surface area contributed by atoms with Crippen LogP contribution in [-0.4, -0.2) is 27.5 Å². The number of benzene rings is 1. The number of aromatic nitrogens is 3. The highest BCUT2D eigenvalue weighted by Crippen LogP contribution is 2.48. The van der Waals surface area contributed by atoms with Crippen LogP contribution in [0.25, 0.3) is 10.9 Å². The molecule has 0 saturated heterocycles. The average molecular weight is 377 g/mol. The topological polar surface area (TPSA) is 59.9 Å². The number of rotatable bonds is 6. The highest BCUT2D eigenvalue weighted by atomic mass is 35.5. The Kier molecular flexibility index (Phi) is 4.32. The van der Waals surface area contributed by atoms with E-state index >= 15 is 0 Å². The second-order valence-corrected chi connectivity index (χ2v) is 6.51. The normalized spacial score (nSPS) is 17.9. The molecule has 134 valence electrons.